The first-order chi connectivity index (χ1) is 14.7. The van der Waals surface area contributed by atoms with Gasteiger partial charge in [-0.25, -0.2) is 9.97 Å². The van der Waals surface area contributed by atoms with Crippen LogP contribution in [0.5, 0.6) is 11.5 Å². The van der Waals surface area contributed by atoms with E-state index in [9.17, 15) is 0 Å². The van der Waals surface area contributed by atoms with Gasteiger partial charge in [0.15, 0.2) is 16.6 Å². The number of aromatic nitrogens is 3. The third-order valence-electron chi connectivity index (χ3n) is 5.13. The van der Waals surface area contributed by atoms with E-state index in [0.29, 0.717) is 18.0 Å². The summed E-state index contributed by atoms with van der Waals surface area (Å²) < 4.78 is 10.9. The molecule has 1 aliphatic rings. The molecule has 30 heavy (non-hydrogen) atoms. The molecule has 0 spiro atoms. The molecule has 156 valence electrons. The average Bonchev–Trinajstić information content (AvgIpc) is 2.82. The highest BCUT2D eigenvalue weighted by molar-refractivity contribution is 7.80. The number of thiocarbonyl (C=S) groups is 1. The number of piperazine rings is 1. The van der Waals surface area contributed by atoms with Crippen LogP contribution in [0.1, 0.15) is 5.69 Å². The fraction of sp³-hybridized carbons (Fsp3) is 0.333. The van der Waals surface area contributed by atoms with Crippen molar-refractivity contribution in [1.29, 1.82) is 0 Å². The van der Waals surface area contributed by atoms with E-state index in [1.807, 2.05) is 30.3 Å². The van der Waals surface area contributed by atoms with Crippen molar-refractivity contribution >= 4 is 34.1 Å². The molecule has 1 fully saturated rings. The Morgan fingerprint density at radius 2 is 1.80 bits per heavy atom. The van der Waals surface area contributed by atoms with E-state index >= 15 is 0 Å². The van der Waals surface area contributed by atoms with Crippen molar-refractivity contribution in [2.24, 2.45) is 0 Å². The highest BCUT2D eigenvalue weighted by Crippen LogP contribution is 2.34. The lowest BCUT2D eigenvalue weighted by Gasteiger charge is -2.37. The van der Waals surface area contributed by atoms with Gasteiger partial charge in [-0.2, -0.15) is 0 Å². The molecule has 2 aromatic heterocycles. The van der Waals surface area contributed by atoms with Gasteiger partial charge in [0.2, 0.25) is 0 Å². The van der Waals surface area contributed by atoms with Crippen molar-refractivity contribution in [3.63, 3.8) is 0 Å². The first-order valence-electron chi connectivity index (χ1n) is 9.74. The minimum absolute atomic E-state index is 0.623. The minimum atomic E-state index is 0.623. The van der Waals surface area contributed by atoms with Gasteiger partial charge in [0.05, 0.1) is 32.0 Å². The molecule has 0 saturated carbocycles. The summed E-state index contributed by atoms with van der Waals surface area (Å²) >= 11 is 5.58. The van der Waals surface area contributed by atoms with Crippen molar-refractivity contribution < 1.29 is 9.47 Å². The molecule has 0 unspecified atom stereocenters. The molecular weight excluding hydrogens is 400 g/mol. The Bertz CT molecular complexity index is 1020. The number of fused-ring (bicyclic) bond motifs is 1. The summed E-state index contributed by atoms with van der Waals surface area (Å²) in [5.74, 6) is 2.22. The number of hydrogen-bond acceptors (Lipinski definition) is 7. The topological polar surface area (TPSA) is 75.6 Å². The molecule has 0 bridgehead atoms. The van der Waals surface area contributed by atoms with Crippen molar-refractivity contribution in [3.8, 4) is 11.5 Å². The normalized spacial score (nSPS) is 13.9. The number of pyridine rings is 1. The Morgan fingerprint density at radius 3 is 2.50 bits per heavy atom. The third-order valence-corrected chi connectivity index (χ3v) is 5.54. The number of nitrogens with one attached hydrogen (secondary N) is 1. The summed E-state index contributed by atoms with van der Waals surface area (Å²) in [5, 5.41) is 4.99. The van der Waals surface area contributed by atoms with Gasteiger partial charge in [0.25, 0.3) is 0 Å². The molecule has 3 heterocycles. The molecule has 9 heteroatoms. The van der Waals surface area contributed by atoms with Crippen molar-refractivity contribution in [2.45, 2.75) is 6.54 Å². The Hall–Kier alpha value is -3.20. The van der Waals surface area contributed by atoms with Crippen molar-refractivity contribution in [1.82, 2.24) is 25.2 Å². The van der Waals surface area contributed by atoms with Crippen LogP contribution in [0, 0.1) is 0 Å². The number of benzene rings is 1. The Kier molecular flexibility index (Phi) is 6.08. The summed E-state index contributed by atoms with van der Waals surface area (Å²) in [6.07, 6.45) is 3.38. The second kappa shape index (κ2) is 9.08. The van der Waals surface area contributed by atoms with Crippen LogP contribution in [0.3, 0.4) is 0 Å². The number of nitrogens with zero attached hydrogens (tertiary/aromatic N) is 5. The molecule has 3 aromatic rings. The highest BCUT2D eigenvalue weighted by Gasteiger charge is 2.22. The van der Waals surface area contributed by atoms with E-state index < -0.39 is 0 Å². The summed E-state index contributed by atoms with van der Waals surface area (Å²) in [6, 6.07) is 9.68. The van der Waals surface area contributed by atoms with E-state index in [0.717, 1.165) is 53.7 Å². The van der Waals surface area contributed by atoms with Gasteiger partial charge in [0, 0.05) is 43.8 Å². The number of hydrogen-bond donors (Lipinski definition) is 1. The van der Waals surface area contributed by atoms with E-state index in [2.05, 4.69) is 30.1 Å². The van der Waals surface area contributed by atoms with Crippen LogP contribution in [0.4, 0.5) is 5.82 Å². The maximum absolute atomic E-state index is 5.58. The fourth-order valence-corrected chi connectivity index (χ4v) is 3.78. The summed E-state index contributed by atoms with van der Waals surface area (Å²) in [6.45, 7) is 3.87. The lowest BCUT2D eigenvalue weighted by molar-refractivity contribution is 0.355. The van der Waals surface area contributed by atoms with Crippen LogP contribution < -0.4 is 19.7 Å². The number of rotatable bonds is 5. The van der Waals surface area contributed by atoms with Crippen LogP contribution >= 0.6 is 12.2 Å². The molecule has 0 aliphatic carbocycles. The quantitative estimate of drug-likeness (QED) is 0.621. The van der Waals surface area contributed by atoms with Gasteiger partial charge in [-0.3, -0.25) is 4.98 Å². The van der Waals surface area contributed by atoms with Gasteiger partial charge < -0.3 is 24.6 Å². The van der Waals surface area contributed by atoms with E-state index in [4.69, 9.17) is 21.7 Å². The smallest absolute Gasteiger partial charge is 0.169 e. The number of ether oxygens (including phenoxy) is 2. The SMILES string of the molecule is COc1cc2ncnc(N3CCN(C(=S)NCc4ccccn4)CC3)c2cc1OC. The Morgan fingerprint density at radius 1 is 1.03 bits per heavy atom. The number of anilines is 1. The highest BCUT2D eigenvalue weighted by atomic mass is 32.1. The first kappa shape index (κ1) is 20.1. The first-order valence-corrected chi connectivity index (χ1v) is 10.1. The van der Waals surface area contributed by atoms with E-state index in [-0.39, 0.29) is 0 Å². The molecule has 1 saturated heterocycles. The molecule has 0 atom stereocenters. The number of methoxy groups -OCH3 is 2. The van der Waals surface area contributed by atoms with Crippen molar-refractivity contribution in [2.75, 3.05) is 45.3 Å². The van der Waals surface area contributed by atoms with Crippen LogP contribution in [-0.4, -0.2) is 65.4 Å². The Labute approximate surface area is 180 Å². The molecule has 1 N–H and O–H groups in total. The summed E-state index contributed by atoms with van der Waals surface area (Å²) in [5.41, 5.74) is 1.79. The van der Waals surface area contributed by atoms with E-state index in [1.54, 1.807) is 26.7 Å². The summed E-state index contributed by atoms with van der Waals surface area (Å²) in [4.78, 5) is 17.7. The lowest BCUT2D eigenvalue weighted by atomic mass is 10.2. The molecule has 0 amide bonds. The predicted molar refractivity (Wildman–Crippen MR) is 120 cm³/mol. The maximum Gasteiger partial charge on any atom is 0.169 e. The molecule has 1 aromatic carbocycles. The van der Waals surface area contributed by atoms with Gasteiger partial charge >= 0.3 is 0 Å². The largest absolute Gasteiger partial charge is 0.493 e. The van der Waals surface area contributed by atoms with Crippen molar-refractivity contribution in [3.05, 3.63) is 48.5 Å². The minimum Gasteiger partial charge on any atom is -0.493 e. The van der Waals surface area contributed by atoms with Crippen LogP contribution in [0.25, 0.3) is 10.9 Å². The van der Waals surface area contributed by atoms with E-state index in [1.165, 1.54) is 0 Å². The molecule has 1 aliphatic heterocycles. The average molecular weight is 425 g/mol. The zero-order valence-electron chi connectivity index (χ0n) is 17.0. The van der Waals surface area contributed by atoms with Gasteiger partial charge in [-0.05, 0) is 30.4 Å². The predicted octanol–water partition coefficient (Wildman–Crippen LogP) is 2.24. The third kappa shape index (κ3) is 4.20. The fourth-order valence-electron chi connectivity index (χ4n) is 3.52. The monoisotopic (exact) mass is 424 g/mol. The van der Waals surface area contributed by atoms with Gasteiger partial charge in [-0.15, -0.1) is 0 Å². The van der Waals surface area contributed by atoms with Crippen LogP contribution in [0.2, 0.25) is 0 Å². The van der Waals surface area contributed by atoms with Gasteiger partial charge in [-0.1, -0.05) is 6.07 Å². The second-order valence-corrected chi connectivity index (χ2v) is 7.26. The van der Waals surface area contributed by atoms with Gasteiger partial charge in [0.1, 0.15) is 12.1 Å². The molecule has 4 rings (SSSR count). The second-order valence-electron chi connectivity index (χ2n) is 6.88. The summed E-state index contributed by atoms with van der Waals surface area (Å²) in [7, 11) is 3.25. The standard InChI is InChI=1S/C21H24N6O2S/c1-28-18-11-16-17(12-19(18)29-2)24-14-25-20(16)26-7-9-27(10-8-26)21(30)23-13-15-5-3-4-6-22-15/h3-6,11-12,14H,7-10,13H2,1-2H3,(H,23,30). The van der Waals surface area contributed by atoms with Crippen LogP contribution in [0.15, 0.2) is 42.9 Å². The lowest BCUT2D eigenvalue weighted by Crippen LogP contribution is -2.51. The van der Waals surface area contributed by atoms with Crippen LogP contribution in [-0.2, 0) is 6.54 Å². The zero-order valence-corrected chi connectivity index (χ0v) is 17.9. The molecular formula is C21H24N6O2S. The Balaban J connectivity index is 1.43. The maximum atomic E-state index is 5.58. The molecule has 0 radical (unpaired) electrons. The zero-order chi connectivity index (χ0) is 20.9. The molecule has 8 nitrogen and oxygen atoms in total.